The van der Waals surface area contributed by atoms with Crippen LogP contribution in [-0.4, -0.2) is 11.0 Å². The Morgan fingerprint density at radius 1 is 0.435 bits per heavy atom. The van der Waals surface area contributed by atoms with Crippen LogP contribution >= 0.6 is 0 Å². The molecule has 0 aromatic rings. The second kappa shape index (κ2) is 38.3. The summed E-state index contributed by atoms with van der Waals surface area (Å²) in [6.45, 7) is 12.2. The summed E-state index contributed by atoms with van der Waals surface area (Å²) in [5.74, 6) is 0. The molecule has 0 fully saturated rings. The molecular formula is C20H46O2Ti. The Hall–Kier alpha value is 0.634. The molecule has 0 radical (unpaired) electrons. The predicted molar refractivity (Wildman–Crippen MR) is 103 cm³/mol. The number of hydrogen-bond acceptors (Lipinski definition) is 0. The van der Waals surface area contributed by atoms with Crippen molar-refractivity contribution in [1.82, 2.24) is 0 Å². The summed E-state index contributed by atoms with van der Waals surface area (Å²) in [6, 6.07) is 0. The molecule has 0 bridgehead atoms. The fourth-order valence-corrected chi connectivity index (χ4v) is 2.27. The Balaban J connectivity index is -0.0000000831. The van der Waals surface area contributed by atoms with Gasteiger partial charge < -0.3 is 24.8 Å². The summed E-state index contributed by atoms with van der Waals surface area (Å²) in [5, 5.41) is 0. The van der Waals surface area contributed by atoms with Crippen molar-refractivity contribution in [1.29, 1.82) is 0 Å². The first kappa shape index (κ1) is 34.9. The van der Waals surface area contributed by atoms with E-state index in [-0.39, 0.29) is 32.7 Å². The third-order valence-electron chi connectivity index (χ3n) is 3.71. The van der Waals surface area contributed by atoms with E-state index in [4.69, 9.17) is 0 Å². The average Bonchev–Trinajstić information content (AvgIpc) is 2.47. The molecule has 3 heteroatoms. The van der Waals surface area contributed by atoms with Crippen LogP contribution in [0.3, 0.4) is 0 Å². The molecule has 4 N–H and O–H groups in total. The maximum Gasteiger partial charge on any atom is 2.00 e. The van der Waals surface area contributed by atoms with Gasteiger partial charge in [-0.1, -0.05) is 104 Å². The summed E-state index contributed by atoms with van der Waals surface area (Å²) < 4.78 is 0. The molecule has 0 aliphatic rings. The van der Waals surface area contributed by atoms with E-state index in [2.05, 4.69) is 27.7 Å². The summed E-state index contributed by atoms with van der Waals surface area (Å²) in [4.78, 5) is 0. The van der Waals surface area contributed by atoms with Gasteiger partial charge in [0.15, 0.2) is 0 Å². The van der Waals surface area contributed by atoms with Crippen molar-refractivity contribution in [3.05, 3.63) is 13.8 Å². The Kier molecular flexibility index (Phi) is 58.0. The topological polar surface area (TPSA) is 63.0 Å². The van der Waals surface area contributed by atoms with Crippen LogP contribution in [-0.2, 0) is 21.7 Å². The SMILES string of the molecule is O.O.[CH2-]CCCCCCCCC.[CH2-]CCCCCCCCC.[Ti+2]. The van der Waals surface area contributed by atoms with Gasteiger partial charge in [-0.2, -0.15) is 12.8 Å². The van der Waals surface area contributed by atoms with Crippen LogP contribution in [0.25, 0.3) is 0 Å². The van der Waals surface area contributed by atoms with Crippen molar-refractivity contribution in [2.45, 2.75) is 117 Å². The zero-order chi connectivity index (χ0) is 15.3. The van der Waals surface area contributed by atoms with Crippen LogP contribution in [0.2, 0.25) is 0 Å². The van der Waals surface area contributed by atoms with Crippen LogP contribution in [0, 0.1) is 13.8 Å². The second-order valence-electron chi connectivity index (χ2n) is 5.95. The van der Waals surface area contributed by atoms with E-state index >= 15 is 0 Å². The molecule has 0 aromatic heterocycles. The Morgan fingerprint density at radius 2 is 0.652 bits per heavy atom. The van der Waals surface area contributed by atoms with Crippen LogP contribution in [0.15, 0.2) is 0 Å². The van der Waals surface area contributed by atoms with Crippen LogP contribution in [0.4, 0.5) is 0 Å². The Bertz CT molecular complexity index is 112. The van der Waals surface area contributed by atoms with Crippen LogP contribution in [0.1, 0.15) is 117 Å². The molecule has 0 heterocycles. The molecule has 0 saturated heterocycles. The minimum atomic E-state index is 0. The first-order chi connectivity index (χ1) is 9.83. The van der Waals surface area contributed by atoms with Gasteiger partial charge >= 0.3 is 21.7 Å². The molecule has 0 aliphatic heterocycles. The molecule has 2 nitrogen and oxygen atoms in total. The molecule has 0 unspecified atom stereocenters. The standard InChI is InChI=1S/2C10H21.2H2O.Ti/c2*1-3-5-7-9-10-8-6-4-2;;;/h2*1,3-10H2,2H3;2*1H2;/q2*-1;;;+2. The van der Waals surface area contributed by atoms with Gasteiger partial charge in [-0.15, -0.1) is 0 Å². The van der Waals surface area contributed by atoms with Crippen molar-refractivity contribution in [3.63, 3.8) is 0 Å². The quantitative estimate of drug-likeness (QED) is 0.198. The van der Waals surface area contributed by atoms with Crippen molar-refractivity contribution in [2.75, 3.05) is 0 Å². The van der Waals surface area contributed by atoms with E-state index in [1.165, 1.54) is 89.9 Å². The average molecular weight is 366 g/mol. The predicted octanol–water partition coefficient (Wildman–Crippen LogP) is 6.27. The Labute approximate surface area is 163 Å². The monoisotopic (exact) mass is 366 g/mol. The van der Waals surface area contributed by atoms with Crippen molar-refractivity contribution in [2.24, 2.45) is 0 Å². The van der Waals surface area contributed by atoms with Crippen molar-refractivity contribution in [3.8, 4) is 0 Å². The van der Waals surface area contributed by atoms with Crippen molar-refractivity contribution < 1.29 is 32.7 Å². The van der Waals surface area contributed by atoms with Gasteiger partial charge in [0.1, 0.15) is 0 Å². The van der Waals surface area contributed by atoms with Gasteiger partial charge in [0.2, 0.25) is 0 Å². The summed E-state index contributed by atoms with van der Waals surface area (Å²) in [6.07, 6.45) is 21.8. The van der Waals surface area contributed by atoms with Gasteiger partial charge in [0.25, 0.3) is 0 Å². The third kappa shape index (κ3) is 45.0. The molecular weight excluding hydrogens is 320 g/mol. The number of hydrogen-bond donors (Lipinski definition) is 0. The zero-order valence-electron chi connectivity index (χ0n) is 16.2. The summed E-state index contributed by atoms with van der Waals surface area (Å²) in [5.41, 5.74) is 0. The van der Waals surface area contributed by atoms with E-state index in [0.717, 1.165) is 12.8 Å². The molecule has 0 aromatic carbocycles. The fourth-order valence-electron chi connectivity index (χ4n) is 2.27. The first-order valence-electron chi connectivity index (χ1n) is 9.41. The summed E-state index contributed by atoms with van der Waals surface area (Å²) in [7, 11) is 0. The maximum atomic E-state index is 3.82. The first-order valence-corrected chi connectivity index (χ1v) is 9.41. The van der Waals surface area contributed by atoms with Crippen LogP contribution in [0.5, 0.6) is 0 Å². The van der Waals surface area contributed by atoms with E-state index in [1.54, 1.807) is 0 Å². The maximum absolute atomic E-state index is 3.82. The third-order valence-corrected chi connectivity index (χ3v) is 3.71. The van der Waals surface area contributed by atoms with Gasteiger partial charge in [-0.25, -0.2) is 0 Å². The largest absolute Gasteiger partial charge is 2.00 e. The molecule has 23 heavy (non-hydrogen) atoms. The summed E-state index contributed by atoms with van der Waals surface area (Å²) >= 11 is 0. The van der Waals surface area contributed by atoms with E-state index in [0.29, 0.717) is 0 Å². The van der Waals surface area contributed by atoms with Crippen molar-refractivity contribution >= 4 is 0 Å². The smallest absolute Gasteiger partial charge is 0.412 e. The molecule has 0 spiro atoms. The minimum absolute atomic E-state index is 0. The molecule has 142 valence electrons. The second-order valence-corrected chi connectivity index (χ2v) is 5.95. The minimum Gasteiger partial charge on any atom is -0.412 e. The zero-order valence-corrected chi connectivity index (χ0v) is 17.8. The van der Waals surface area contributed by atoms with Crippen LogP contribution < -0.4 is 0 Å². The van der Waals surface area contributed by atoms with Gasteiger partial charge in [-0.05, 0) is 0 Å². The number of rotatable bonds is 14. The van der Waals surface area contributed by atoms with E-state index in [9.17, 15) is 0 Å². The molecule has 0 saturated carbocycles. The fraction of sp³-hybridized carbons (Fsp3) is 0.900. The molecule has 0 atom stereocenters. The normalized spacial score (nSPS) is 8.87. The molecule has 0 rings (SSSR count). The molecule has 0 amide bonds. The van der Waals surface area contributed by atoms with Gasteiger partial charge in [0.05, 0.1) is 0 Å². The Morgan fingerprint density at radius 3 is 0.870 bits per heavy atom. The van der Waals surface area contributed by atoms with E-state index < -0.39 is 0 Å². The van der Waals surface area contributed by atoms with Gasteiger partial charge in [-0.3, -0.25) is 0 Å². The molecule has 0 aliphatic carbocycles. The van der Waals surface area contributed by atoms with Gasteiger partial charge in [0, 0.05) is 0 Å². The number of unbranched alkanes of at least 4 members (excludes halogenated alkanes) is 14. The van der Waals surface area contributed by atoms with E-state index in [1.807, 2.05) is 0 Å².